The molecule has 1 aromatic carbocycles. The summed E-state index contributed by atoms with van der Waals surface area (Å²) in [7, 11) is 1.36. The molecular weight excluding hydrogens is 268 g/mol. The van der Waals surface area contributed by atoms with Gasteiger partial charge in [0.2, 0.25) is 5.91 Å². The van der Waals surface area contributed by atoms with Gasteiger partial charge in [-0.3, -0.25) is 14.9 Å². The molecule has 1 N–H and O–H groups in total. The molecule has 0 aliphatic carbocycles. The topological polar surface area (TPSA) is 58.6 Å². The molecule has 0 saturated carbocycles. The van der Waals surface area contributed by atoms with Crippen molar-refractivity contribution in [3.63, 3.8) is 0 Å². The number of amides is 1. The SMILES string of the molecule is CCC1NC(c2ccccc2C)N(CCC(=O)OC)C1=O. The van der Waals surface area contributed by atoms with E-state index in [0.29, 0.717) is 6.54 Å². The zero-order valence-electron chi connectivity index (χ0n) is 12.8. The number of aryl methyl sites for hydroxylation is 1. The predicted octanol–water partition coefficient (Wildman–Crippen LogP) is 1.77. The quantitative estimate of drug-likeness (QED) is 0.840. The first-order valence-corrected chi connectivity index (χ1v) is 7.27. The molecule has 2 atom stereocenters. The van der Waals surface area contributed by atoms with Gasteiger partial charge >= 0.3 is 5.97 Å². The van der Waals surface area contributed by atoms with Crippen molar-refractivity contribution < 1.29 is 14.3 Å². The van der Waals surface area contributed by atoms with E-state index >= 15 is 0 Å². The van der Waals surface area contributed by atoms with Crippen LogP contribution in [0, 0.1) is 6.92 Å². The molecule has 0 bridgehead atoms. The summed E-state index contributed by atoms with van der Waals surface area (Å²) < 4.78 is 4.67. The standard InChI is InChI=1S/C16H22N2O3/c1-4-13-16(20)18(10-9-14(19)21-3)15(17-13)12-8-6-5-7-11(12)2/h5-8,13,15,17H,4,9-10H2,1-3H3. The van der Waals surface area contributed by atoms with E-state index in [1.165, 1.54) is 7.11 Å². The van der Waals surface area contributed by atoms with Gasteiger partial charge < -0.3 is 9.64 Å². The van der Waals surface area contributed by atoms with E-state index in [1.807, 2.05) is 38.1 Å². The Hall–Kier alpha value is -1.88. The molecule has 2 rings (SSSR count). The monoisotopic (exact) mass is 290 g/mol. The van der Waals surface area contributed by atoms with Crippen LogP contribution in [0.4, 0.5) is 0 Å². The van der Waals surface area contributed by atoms with Crippen molar-refractivity contribution in [1.29, 1.82) is 0 Å². The highest BCUT2D eigenvalue weighted by Crippen LogP contribution is 2.28. The van der Waals surface area contributed by atoms with E-state index in [0.717, 1.165) is 17.5 Å². The Kier molecular flexibility index (Phi) is 4.96. The van der Waals surface area contributed by atoms with Gasteiger partial charge in [-0.2, -0.15) is 0 Å². The van der Waals surface area contributed by atoms with Crippen molar-refractivity contribution in [2.24, 2.45) is 0 Å². The van der Waals surface area contributed by atoms with Gasteiger partial charge in [0.15, 0.2) is 0 Å². The van der Waals surface area contributed by atoms with Gasteiger partial charge in [-0.05, 0) is 24.5 Å². The van der Waals surface area contributed by atoms with Crippen molar-refractivity contribution in [3.8, 4) is 0 Å². The fourth-order valence-electron chi connectivity index (χ4n) is 2.68. The summed E-state index contributed by atoms with van der Waals surface area (Å²) in [5, 5.41) is 3.36. The first kappa shape index (κ1) is 15.5. The maximum atomic E-state index is 12.4. The number of rotatable bonds is 5. The van der Waals surface area contributed by atoms with Gasteiger partial charge in [0, 0.05) is 6.54 Å². The summed E-state index contributed by atoms with van der Waals surface area (Å²) in [6.45, 7) is 4.38. The van der Waals surface area contributed by atoms with Crippen LogP contribution in [-0.2, 0) is 14.3 Å². The summed E-state index contributed by atoms with van der Waals surface area (Å²) >= 11 is 0. The van der Waals surface area contributed by atoms with Crippen LogP contribution in [0.25, 0.3) is 0 Å². The molecule has 1 aliphatic heterocycles. The molecule has 5 nitrogen and oxygen atoms in total. The van der Waals surface area contributed by atoms with Crippen LogP contribution >= 0.6 is 0 Å². The van der Waals surface area contributed by atoms with Gasteiger partial charge in [-0.15, -0.1) is 0 Å². The molecule has 1 amide bonds. The number of benzene rings is 1. The van der Waals surface area contributed by atoms with Crippen LogP contribution < -0.4 is 5.32 Å². The van der Waals surface area contributed by atoms with Gasteiger partial charge in [-0.1, -0.05) is 31.2 Å². The number of ether oxygens (including phenoxy) is 1. The predicted molar refractivity (Wildman–Crippen MR) is 79.5 cm³/mol. The third-order valence-corrected chi connectivity index (χ3v) is 3.93. The zero-order chi connectivity index (χ0) is 15.4. The number of methoxy groups -OCH3 is 1. The fraction of sp³-hybridized carbons (Fsp3) is 0.500. The molecule has 1 aliphatic rings. The normalized spacial score (nSPS) is 21.7. The molecule has 0 aromatic heterocycles. The fourth-order valence-corrected chi connectivity index (χ4v) is 2.68. The van der Waals surface area contributed by atoms with Crippen LogP contribution in [0.2, 0.25) is 0 Å². The minimum Gasteiger partial charge on any atom is -0.469 e. The highest BCUT2D eigenvalue weighted by molar-refractivity contribution is 5.85. The molecule has 21 heavy (non-hydrogen) atoms. The lowest BCUT2D eigenvalue weighted by Crippen LogP contribution is -2.33. The second-order valence-electron chi connectivity index (χ2n) is 5.24. The molecule has 0 radical (unpaired) electrons. The summed E-state index contributed by atoms with van der Waals surface area (Å²) in [5.41, 5.74) is 2.20. The Morgan fingerprint density at radius 1 is 1.38 bits per heavy atom. The van der Waals surface area contributed by atoms with Crippen LogP contribution in [0.15, 0.2) is 24.3 Å². The van der Waals surface area contributed by atoms with E-state index in [9.17, 15) is 9.59 Å². The number of nitrogens with zero attached hydrogens (tertiary/aromatic N) is 1. The van der Waals surface area contributed by atoms with Gasteiger partial charge in [0.05, 0.1) is 19.6 Å². The maximum absolute atomic E-state index is 12.4. The number of nitrogens with one attached hydrogen (secondary N) is 1. The molecular formula is C16H22N2O3. The van der Waals surface area contributed by atoms with E-state index < -0.39 is 0 Å². The average molecular weight is 290 g/mol. The Morgan fingerprint density at radius 3 is 2.71 bits per heavy atom. The molecule has 2 unspecified atom stereocenters. The largest absolute Gasteiger partial charge is 0.469 e. The van der Waals surface area contributed by atoms with Crippen molar-refractivity contribution in [2.45, 2.75) is 38.9 Å². The van der Waals surface area contributed by atoms with Crippen LogP contribution in [0.1, 0.15) is 37.1 Å². The summed E-state index contributed by atoms with van der Waals surface area (Å²) in [4.78, 5) is 25.5. The lowest BCUT2D eigenvalue weighted by atomic mass is 10.1. The minimum absolute atomic E-state index is 0.0506. The summed E-state index contributed by atoms with van der Waals surface area (Å²) in [6, 6.07) is 7.80. The summed E-state index contributed by atoms with van der Waals surface area (Å²) in [5.74, 6) is -0.249. The smallest absolute Gasteiger partial charge is 0.307 e. The Morgan fingerprint density at radius 2 is 2.10 bits per heavy atom. The number of esters is 1. The maximum Gasteiger partial charge on any atom is 0.307 e. The van der Waals surface area contributed by atoms with E-state index in [2.05, 4.69) is 10.1 Å². The first-order valence-electron chi connectivity index (χ1n) is 7.27. The van der Waals surface area contributed by atoms with Crippen molar-refractivity contribution in [1.82, 2.24) is 10.2 Å². The molecule has 0 spiro atoms. The number of hydrogen-bond acceptors (Lipinski definition) is 4. The third-order valence-electron chi connectivity index (χ3n) is 3.93. The summed E-state index contributed by atoms with van der Waals surface area (Å²) in [6.07, 6.45) is 0.770. The van der Waals surface area contributed by atoms with Crippen molar-refractivity contribution in [2.75, 3.05) is 13.7 Å². The number of carbonyl (C=O) groups is 2. The van der Waals surface area contributed by atoms with Gasteiger partial charge in [-0.25, -0.2) is 0 Å². The molecule has 1 heterocycles. The second kappa shape index (κ2) is 6.72. The molecule has 1 fully saturated rings. The van der Waals surface area contributed by atoms with Crippen LogP contribution in [-0.4, -0.2) is 36.5 Å². The van der Waals surface area contributed by atoms with Crippen LogP contribution in [0.3, 0.4) is 0 Å². The van der Waals surface area contributed by atoms with Gasteiger partial charge in [0.25, 0.3) is 0 Å². The average Bonchev–Trinajstić information content (AvgIpc) is 2.81. The Labute approximate surface area is 125 Å². The first-order chi connectivity index (χ1) is 10.1. The Bertz CT molecular complexity index is 530. The Balaban J connectivity index is 2.22. The lowest BCUT2D eigenvalue weighted by molar-refractivity contribution is -0.141. The van der Waals surface area contributed by atoms with Crippen molar-refractivity contribution >= 4 is 11.9 Å². The lowest BCUT2D eigenvalue weighted by Gasteiger charge is -2.25. The zero-order valence-corrected chi connectivity index (χ0v) is 12.8. The molecule has 5 heteroatoms. The minimum atomic E-state index is -0.300. The van der Waals surface area contributed by atoms with Crippen LogP contribution in [0.5, 0.6) is 0 Å². The highest BCUT2D eigenvalue weighted by atomic mass is 16.5. The number of carbonyl (C=O) groups excluding carboxylic acids is 2. The second-order valence-corrected chi connectivity index (χ2v) is 5.24. The molecule has 114 valence electrons. The highest BCUT2D eigenvalue weighted by Gasteiger charge is 2.38. The number of hydrogen-bond donors (Lipinski definition) is 1. The van der Waals surface area contributed by atoms with E-state index in [4.69, 9.17) is 0 Å². The van der Waals surface area contributed by atoms with E-state index in [1.54, 1.807) is 4.90 Å². The van der Waals surface area contributed by atoms with Gasteiger partial charge in [0.1, 0.15) is 6.17 Å². The van der Waals surface area contributed by atoms with Crippen molar-refractivity contribution in [3.05, 3.63) is 35.4 Å². The third kappa shape index (κ3) is 3.24. The molecule has 1 saturated heterocycles. The molecule has 1 aromatic rings. The van der Waals surface area contributed by atoms with E-state index in [-0.39, 0.29) is 30.5 Å².